The summed E-state index contributed by atoms with van der Waals surface area (Å²) >= 11 is 0. The van der Waals surface area contributed by atoms with Gasteiger partial charge < -0.3 is 9.47 Å². The lowest BCUT2D eigenvalue weighted by molar-refractivity contribution is 0.121. The van der Waals surface area contributed by atoms with Gasteiger partial charge in [0, 0.05) is 11.6 Å². The molecule has 0 bridgehead atoms. The highest BCUT2D eigenvalue weighted by molar-refractivity contribution is 5.58. The molecule has 0 radical (unpaired) electrons. The third kappa shape index (κ3) is 4.82. The van der Waals surface area contributed by atoms with E-state index in [4.69, 9.17) is 9.47 Å². The predicted octanol–water partition coefficient (Wildman–Crippen LogP) is 4.68. The van der Waals surface area contributed by atoms with Gasteiger partial charge in [-0.15, -0.1) is 0 Å². The molecule has 0 aliphatic carbocycles. The molecule has 0 fully saturated rings. The van der Waals surface area contributed by atoms with Crippen LogP contribution in [0.4, 0.5) is 0 Å². The molecule has 0 heterocycles. The van der Waals surface area contributed by atoms with Gasteiger partial charge in [0.25, 0.3) is 0 Å². The summed E-state index contributed by atoms with van der Waals surface area (Å²) in [6.07, 6.45) is 1.79. The Balaban J connectivity index is 3.06. The van der Waals surface area contributed by atoms with Crippen molar-refractivity contribution in [2.75, 3.05) is 0 Å². The first-order valence-electron chi connectivity index (χ1n) is 6.25. The molecule has 1 rings (SSSR count). The molecule has 0 spiro atoms. The van der Waals surface area contributed by atoms with Crippen LogP contribution in [-0.2, 0) is 0 Å². The highest BCUT2D eigenvalue weighted by Gasteiger charge is 2.17. The molecular weight excluding hydrogens is 224 g/mol. The van der Waals surface area contributed by atoms with Gasteiger partial charge in [0.15, 0.2) is 0 Å². The summed E-state index contributed by atoms with van der Waals surface area (Å²) in [5.74, 6) is 1.62. The van der Waals surface area contributed by atoms with Gasteiger partial charge in [0.05, 0.1) is 0 Å². The number of hydrogen-bond donors (Lipinski definition) is 0. The van der Waals surface area contributed by atoms with E-state index in [0.29, 0.717) is 0 Å². The molecule has 2 heteroatoms. The zero-order chi connectivity index (χ0) is 14.0. The molecular formula is C16H24O2. The standard InChI is InChI=1S/C16H24O2/c1-8-12-9-10-13(17-15(2,3)4)11-14(12)18-16(5,6)7/h8-11H,1H2,2-7H3. The maximum atomic E-state index is 5.93. The summed E-state index contributed by atoms with van der Waals surface area (Å²) in [5.41, 5.74) is 0.526. The van der Waals surface area contributed by atoms with Crippen molar-refractivity contribution in [3.63, 3.8) is 0 Å². The summed E-state index contributed by atoms with van der Waals surface area (Å²) in [5, 5.41) is 0. The SMILES string of the molecule is C=Cc1ccc(OC(C)(C)C)cc1OC(C)(C)C. The van der Waals surface area contributed by atoms with Gasteiger partial charge in [-0.2, -0.15) is 0 Å². The first kappa shape index (κ1) is 14.6. The molecule has 1 aromatic carbocycles. The second-order valence-corrected chi connectivity index (χ2v) is 6.33. The third-order valence-corrected chi connectivity index (χ3v) is 2.05. The van der Waals surface area contributed by atoms with E-state index in [-0.39, 0.29) is 11.2 Å². The fourth-order valence-corrected chi connectivity index (χ4v) is 1.52. The van der Waals surface area contributed by atoms with Crippen molar-refractivity contribution >= 4 is 6.08 Å². The van der Waals surface area contributed by atoms with Crippen molar-refractivity contribution in [3.8, 4) is 11.5 Å². The Morgan fingerprint density at radius 2 is 1.50 bits per heavy atom. The Kier molecular flexibility index (Phi) is 4.10. The lowest BCUT2D eigenvalue weighted by atomic mass is 10.1. The average molecular weight is 248 g/mol. The first-order chi connectivity index (χ1) is 8.11. The van der Waals surface area contributed by atoms with E-state index < -0.39 is 0 Å². The largest absolute Gasteiger partial charge is 0.488 e. The fraction of sp³-hybridized carbons (Fsp3) is 0.500. The van der Waals surface area contributed by atoms with Crippen molar-refractivity contribution in [1.82, 2.24) is 0 Å². The summed E-state index contributed by atoms with van der Waals surface area (Å²) in [4.78, 5) is 0. The van der Waals surface area contributed by atoms with Crippen LogP contribution in [0.1, 0.15) is 47.1 Å². The van der Waals surface area contributed by atoms with Gasteiger partial charge in [-0.25, -0.2) is 0 Å². The number of hydrogen-bond acceptors (Lipinski definition) is 2. The lowest BCUT2D eigenvalue weighted by Crippen LogP contribution is -2.24. The lowest BCUT2D eigenvalue weighted by Gasteiger charge is -2.25. The molecule has 100 valence electrons. The zero-order valence-corrected chi connectivity index (χ0v) is 12.3. The smallest absolute Gasteiger partial charge is 0.130 e. The summed E-state index contributed by atoms with van der Waals surface area (Å²) < 4.78 is 11.8. The number of rotatable bonds is 3. The molecule has 2 nitrogen and oxygen atoms in total. The van der Waals surface area contributed by atoms with Crippen LogP contribution >= 0.6 is 0 Å². The molecule has 1 aromatic rings. The monoisotopic (exact) mass is 248 g/mol. The van der Waals surface area contributed by atoms with E-state index in [1.807, 2.05) is 59.7 Å². The highest BCUT2D eigenvalue weighted by Crippen LogP contribution is 2.30. The molecule has 0 unspecified atom stereocenters. The van der Waals surface area contributed by atoms with E-state index >= 15 is 0 Å². The van der Waals surface area contributed by atoms with Crippen LogP contribution in [0.15, 0.2) is 24.8 Å². The molecule has 0 aliphatic rings. The van der Waals surface area contributed by atoms with Crippen molar-refractivity contribution in [2.24, 2.45) is 0 Å². The molecule has 0 N–H and O–H groups in total. The Bertz CT molecular complexity index is 420. The Morgan fingerprint density at radius 3 is 1.94 bits per heavy atom. The second kappa shape index (κ2) is 5.05. The van der Waals surface area contributed by atoms with Gasteiger partial charge in [0.2, 0.25) is 0 Å². The number of ether oxygens (including phenoxy) is 2. The quantitative estimate of drug-likeness (QED) is 0.773. The van der Waals surface area contributed by atoms with Crippen LogP contribution in [0.25, 0.3) is 6.08 Å². The van der Waals surface area contributed by atoms with Crippen LogP contribution in [0.3, 0.4) is 0 Å². The van der Waals surface area contributed by atoms with E-state index in [1.165, 1.54) is 0 Å². The minimum Gasteiger partial charge on any atom is -0.488 e. The van der Waals surface area contributed by atoms with Gasteiger partial charge in [-0.1, -0.05) is 12.7 Å². The maximum Gasteiger partial charge on any atom is 0.130 e. The van der Waals surface area contributed by atoms with Gasteiger partial charge in [-0.3, -0.25) is 0 Å². The molecule has 0 aliphatic heterocycles. The van der Waals surface area contributed by atoms with Crippen LogP contribution in [0.5, 0.6) is 11.5 Å². The van der Waals surface area contributed by atoms with Crippen molar-refractivity contribution < 1.29 is 9.47 Å². The van der Waals surface area contributed by atoms with Crippen LogP contribution < -0.4 is 9.47 Å². The highest BCUT2D eigenvalue weighted by atomic mass is 16.5. The van der Waals surface area contributed by atoms with Crippen molar-refractivity contribution in [3.05, 3.63) is 30.3 Å². The predicted molar refractivity (Wildman–Crippen MR) is 77.3 cm³/mol. The topological polar surface area (TPSA) is 18.5 Å². The van der Waals surface area contributed by atoms with E-state index in [1.54, 1.807) is 6.08 Å². The van der Waals surface area contributed by atoms with Crippen LogP contribution in [0, 0.1) is 0 Å². The molecule has 0 aromatic heterocycles. The van der Waals surface area contributed by atoms with E-state index in [9.17, 15) is 0 Å². The van der Waals surface area contributed by atoms with Crippen molar-refractivity contribution in [1.29, 1.82) is 0 Å². The minimum atomic E-state index is -0.238. The fourth-order valence-electron chi connectivity index (χ4n) is 1.52. The molecule has 0 saturated heterocycles. The van der Waals surface area contributed by atoms with Gasteiger partial charge in [0.1, 0.15) is 22.7 Å². The Morgan fingerprint density at radius 1 is 0.944 bits per heavy atom. The second-order valence-electron chi connectivity index (χ2n) is 6.33. The molecule has 18 heavy (non-hydrogen) atoms. The van der Waals surface area contributed by atoms with Gasteiger partial charge in [-0.05, 0) is 53.7 Å². The summed E-state index contributed by atoms with van der Waals surface area (Å²) in [6.45, 7) is 16.0. The number of benzene rings is 1. The van der Waals surface area contributed by atoms with E-state index in [0.717, 1.165) is 17.1 Å². The Hall–Kier alpha value is -1.44. The van der Waals surface area contributed by atoms with Crippen LogP contribution in [0.2, 0.25) is 0 Å². The molecule has 0 saturated carbocycles. The molecule has 0 atom stereocenters. The van der Waals surface area contributed by atoms with Crippen LogP contribution in [-0.4, -0.2) is 11.2 Å². The summed E-state index contributed by atoms with van der Waals surface area (Å²) in [6, 6.07) is 5.83. The normalized spacial score (nSPS) is 12.1. The maximum absolute atomic E-state index is 5.93. The van der Waals surface area contributed by atoms with E-state index in [2.05, 4.69) is 6.58 Å². The average Bonchev–Trinajstić information content (AvgIpc) is 2.12. The minimum absolute atomic E-state index is 0.214. The molecule has 0 amide bonds. The Labute approximate surface area is 111 Å². The zero-order valence-electron chi connectivity index (χ0n) is 12.3. The first-order valence-corrected chi connectivity index (χ1v) is 6.25. The van der Waals surface area contributed by atoms with Crippen molar-refractivity contribution in [2.45, 2.75) is 52.7 Å². The van der Waals surface area contributed by atoms with Gasteiger partial charge >= 0.3 is 0 Å². The summed E-state index contributed by atoms with van der Waals surface area (Å²) in [7, 11) is 0. The third-order valence-electron chi connectivity index (χ3n) is 2.05.